The van der Waals surface area contributed by atoms with E-state index in [0.29, 0.717) is 12.8 Å². The van der Waals surface area contributed by atoms with Crippen LogP contribution in [0.15, 0.2) is 0 Å². The smallest absolute Gasteiger partial charge is 0.354 e. The SMILES string of the molecule is CO[C@H]1OC(COS(=O)(=O)O)[C@@H](O[C@@H]2OC[C@@H](O[C@H]3OC(COS(=O)(=O)O)CCC3N)CC2OS(=O)(=O)O)CC1N. The molecule has 0 aliphatic carbocycles. The van der Waals surface area contributed by atoms with E-state index in [1.54, 1.807) is 0 Å². The van der Waals surface area contributed by atoms with Crippen molar-refractivity contribution < 1.29 is 79.9 Å². The molecule has 0 spiro atoms. The highest BCUT2D eigenvalue weighted by Gasteiger charge is 2.44. The van der Waals surface area contributed by atoms with Crippen molar-refractivity contribution in [1.29, 1.82) is 0 Å². The van der Waals surface area contributed by atoms with E-state index < -0.39 is 106 Å². The first-order chi connectivity index (χ1) is 18.9. The first kappa shape index (κ1) is 34.8. The summed E-state index contributed by atoms with van der Waals surface area (Å²) in [6.45, 7) is -1.46. The van der Waals surface area contributed by atoms with Crippen LogP contribution in [0.1, 0.15) is 25.7 Å². The van der Waals surface area contributed by atoms with Crippen molar-refractivity contribution in [3.63, 3.8) is 0 Å². The molecule has 3 heterocycles. The molecule has 3 aliphatic rings. The first-order valence-corrected chi connectivity index (χ1v) is 16.2. The Hall–Kier alpha value is -0.710. The fourth-order valence-electron chi connectivity index (χ4n) is 4.43. The average molecular weight is 663 g/mol. The largest absolute Gasteiger partial charge is 0.397 e. The van der Waals surface area contributed by atoms with Gasteiger partial charge in [0.15, 0.2) is 18.9 Å². The van der Waals surface area contributed by atoms with Crippen molar-refractivity contribution in [3.05, 3.63) is 0 Å². The molecular formula is C18H34N2O18S3. The topological polar surface area (TPSA) is 298 Å². The van der Waals surface area contributed by atoms with Gasteiger partial charge in [-0.2, -0.15) is 25.3 Å². The Morgan fingerprint density at radius 2 is 1.41 bits per heavy atom. The third kappa shape index (κ3) is 11.7. The van der Waals surface area contributed by atoms with Gasteiger partial charge in [0.1, 0.15) is 12.2 Å². The van der Waals surface area contributed by atoms with Gasteiger partial charge >= 0.3 is 31.2 Å². The van der Waals surface area contributed by atoms with E-state index in [4.69, 9.17) is 53.2 Å². The Bertz CT molecular complexity index is 1170. The molecule has 0 aromatic heterocycles. The number of hydrogen-bond acceptors (Lipinski definition) is 17. The first-order valence-electron chi connectivity index (χ1n) is 12.1. The average Bonchev–Trinajstić information content (AvgIpc) is 2.83. The molecule has 3 rings (SSSR count). The lowest BCUT2D eigenvalue weighted by molar-refractivity contribution is -0.308. The predicted octanol–water partition coefficient (Wildman–Crippen LogP) is -2.75. The summed E-state index contributed by atoms with van der Waals surface area (Å²) in [5.41, 5.74) is 12.1. The highest BCUT2D eigenvalue weighted by Crippen LogP contribution is 2.30. The lowest BCUT2D eigenvalue weighted by Gasteiger charge is -2.43. The summed E-state index contributed by atoms with van der Waals surface area (Å²) in [5.74, 6) is 0. The quantitative estimate of drug-likeness (QED) is 0.125. The maximum Gasteiger partial charge on any atom is 0.397 e. The van der Waals surface area contributed by atoms with Gasteiger partial charge in [-0.15, -0.1) is 0 Å². The zero-order valence-corrected chi connectivity index (χ0v) is 24.0. The van der Waals surface area contributed by atoms with Crippen LogP contribution in [-0.2, 0) is 72.2 Å². The number of hydrogen-bond donors (Lipinski definition) is 5. The minimum Gasteiger partial charge on any atom is -0.354 e. The Labute approximate surface area is 236 Å². The van der Waals surface area contributed by atoms with Crippen molar-refractivity contribution in [2.24, 2.45) is 11.5 Å². The molecule has 0 radical (unpaired) electrons. The van der Waals surface area contributed by atoms with Crippen molar-refractivity contribution in [2.75, 3.05) is 26.9 Å². The summed E-state index contributed by atoms with van der Waals surface area (Å²) in [6.07, 6.45) is -8.78. The summed E-state index contributed by atoms with van der Waals surface area (Å²) >= 11 is 0. The van der Waals surface area contributed by atoms with Gasteiger partial charge < -0.3 is 39.9 Å². The molecule has 5 unspecified atom stereocenters. The zero-order chi connectivity index (χ0) is 30.6. The zero-order valence-electron chi connectivity index (χ0n) is 21.6. The summed E-state index contributed by atoms with van der Waals surface area (Å²) < 4.78 is 141. The molecule has 41 heavy (non-hydrogen) atoms. The molecule has 10 atom stereocenters. The van der Waals surface area contributed by atoms with Gasteiger partial charge in [0, 0.05) is 13.5 Å². The highest BCUT2D eigenvalue weighted by molar-refractivity contribution is 7.81. The van der Waals surface area contributed by atoms with E-state index in [9.17, 15) is 29.8 Å². The normalized spacial score (nSPS) is 37.6. The summed E-state index contributed by atoms with van der Waals surface area (Å²) in [7, 11) is -13.3. The summed E-state index contributed by atoms with van der Waals surface area (Å²) in [5, 5.41) is 0. The van der Waals surface area contributed by atoms with E-state index in [-0.39, 0.29) is 19.4 Å². The minimum atomic E-state index is -5.04. The van der Waals surface area contributed by atoms with Gasteiger partial charge in [-0.05, 0) is 19.3 Å². The maximum atomic E-state index is 11.6. The standard InChI is InChI=1S/C18H34N2O18S3/c1-30-16-12(20)5-13(15(37-16)8-33-40(24,25)26)36-18-14(38-41(27,28)29)4-10(6-31-18)35-17-11(19)3-2-9(34-17)7-32-39(21,22)23/h9-18H,2-8,19-20H2,1H3,(H,21,22,23)(H,24,25,26)(H,27,28,29)/t9?,10-,11?,12?,13-,14?,15?,16-,17+,18-/m0/s1. The third-order valence-electron chi connectivity index (χ3n) is 6.22. The molecule has 3 fully saturated rings. The van der Waals surface area contributed by atoms with Crippen LogP contribution in [-0.4, -0.2) is 127 Å². The second kappa shape index (κ2) is 14.4. The van der Waals surface area contributed by atoms with Gasteiger partial charge in [0.05, 0.1) is 50.2 Å². The van der Waals surface area contributed by atoms with Crippen LogP contribution in [0.4, 0.5) is 0 Å². The number of methoxy groups -OCH3 is 1. The molecule has 0 saturated carbocycles. The summed E-state index contributed by atoms with van der Waals surface area (Å²) in [6, 6.07) is -1.46. The van der Waals surface area contributed by atoms with E-state index >= 15 is 0 Å². The van der Waals surface area contributed by atoms with Gasteiger partial charge in [-0.3, -0.25) is 13.7 Å². The lowest BCUT2D eigenvalue weighted by atomic mass is 10.0. The Kier molecular flexibility index (Phi) is 12.2. The fourth-order valence-corrected chi connectivity index (χ4v) is 5.54. The maximum absolute atomic E-state index is 11.6. The number of rotatable bonds is 13. The molecule has 0 aromatic rings. The second-order valence-corrected chi connectivity index (χ2v) is 12.6. The van der Waals surface area contributed by atoms with Crippen LogP contribution >= 0.6 is 0 Å². The molecule has 23 heteroatoms. The van der Waals surface area contributed by atoms with E-state index in [1.807, 2.05) is 0 Å². The van der Waals surface area contributed by atoms with Crippen molar-refractivity contribution in [1.82, 2.24) is 0 Å². The Balaban J connectivity index is 1.68. The second-order valence-electron chi connectivity index (χ2n) is 9.40. The van der Waals surface area contributed by atoms with Crippen LogP contribution in [0.2, 0.25) is 0 Å². The Morgan fingerprint density at radius 3 is 2.02 bits per heavy atom. The van der Waals surface area contributed by atoms with Crippen LogP contribution in [0.5, 0.6) is 0 Å². The molecule has 3 saturated heterocycles. The fraction of sp³-hybridized carbons (Fsp3) is 1.00. The van der Waals surface area contributed by atoms with Crippen LogP contribution < -0.4 is 11.5 Å². The van der Waals surface area contributed by atoms with Crippen molar-refractivity contribution in [2.45, 2.75) is 87.2 Å². The van der Waals surface area contributed by atoms with Gasteiger partial charge in [0.2, 0.25) is 0 Å². The van der Waals surface area contributed by atoms with Crippen LogP contribution in [0, 0.1) is 0 Å². The monoisotopic (exact) mass is 662 g/mol. The number of ether oxygens (including phenoxy) is 6. The van der Waals surface area contributed by atoms with Crippen LogP contribution in [0.3, 0.4) is 0 Å². The van der Waals surface area contributed by atoms with E-state index in [2.05, 4.69) is 8.37 Å². The highest BCUT2D eigenvalue weighted by atomic mass is 32.3. The molecule has 0 amide bonds. The van der Waals surface area contributed by atoms with Crippen molar-refractivity contribution >= 4 is 31.2 Å². The van der Waals surface area contributed by atoms with E-state index in [0.717, 1.165) is 0 Å². The van der Waals surface area contributed by atoms with Gasteiger partial charge in [-0.25, -0.2) is 12.5 Å². The lowest BCUT2D eigenvalue weighted by Crippen LogP contribution is -2.57. The molecule has 7 N–H and O–H groups in total. The third-order valence-corrected chi connectivity index (χ3v) is 7.58. The van der Waals surface area contributed by atoms with Gasteiger partial charge in [-0.1, -0.05) is 0 Å². The Morgan fingerprint density at radius 1 is 0.756 bits per heavy atom. The molecule has 20 nitrogen and oxygen atoms in total. The van der Waals surface area contributed by atoms with Gasteiger partial charge in [0.25, 0.3) is 0 Å². The molecule has 0 bridgehead atoms. The van der Waals surface area contributed by atoms with Crippen molar-refractivity contribution in [3.8, 4) is 0 Å². The predicted molar refractivity (Wildman–Crippen MR) is 130 cm³/mol. The summed E-state index contributed by atoms with van der Waals surface area (Å²) in [4.78, 5) is 0. The molecule has 0 aromatic carbocycles. The molecular weight excluding hydrogens is 628 g/mol. The molecule has 242 valence electrons. The number of nitrogens with two attached hydrogens (primary N) is 2. The minimum absolute atomic E-state index is 0.0197. The molecule has 3 aliphatic heterocycles. The van der Waals surface area contributed by atoms with Crippen LogP contribution in [0.25, 0.3) is 0 Å². The van der Waals surface area contributed by atoms with E-state index in [1.165, 1.54) is 7.11 Å².